The van der Waals surface area contributed by atoms with Crippen LogP contribution in [0.25, 0.3) is 0 Å². The molecule has 1 saturated heterocycles. The maximum absolute atomic E-state index is 4.83. The summed E-state index contributed by atoms with van der Waals surface area (Å²) in [6.07, 6.45) is 4.44. The minimum atomic E-state index is 0.454. The minimum absolute atomic E-state index is 0.454. The van der Waals surface area contributed by atoms with Gasteiger partial charge in [-0.2, -0.15) is 0 Å². The first-order chi connectivity index (χ1) is 13.1. The number of guanidine groups is 1. The third kappa shape index (κ3) is 5.25. The average Bonchev–Trinajstić information content (AvgIpc) is 3.31. The zero-order valence-electron chi connectivity index (χ0n) is 17.3. The molecule has 5 nitrogen and oxygen atoms in total. The van der Waals surface area contributed by atoms with Crippen molar-refractivity contribution < 1.29 is 0 Å². The molecule has 1 fully saturated rings. The van der Waals surface area contributed by atoms with Gasteiger partial charge in [0.05, 0.1) is 6.54 Å². The van der Waals surface area contributed by atoms with Gasteiger partial charge in [-0.3, -0.25) is 4.90 Å². The van der Waals surface area contributed by atoms with E-state index < -0.39 is 0 Å². The molecule has 0 amide bonds. The zero-order valence-corrected chi connectivity index (χ0v) is 17.3. The fraction of sp³-hybridized carbons (Fsp3) is 0.591. The molecular weight excluding hydrogens is 334 g/mol. The second-order valence-electron chi connectivity index (χ2n) is 8.01. The van der Waals surface area contributed by atoms with E-state index in [2.05, 4.69) is 84.5 Å². The van der Waals surface area contributed by atoms with Crippen LogP contribution in [-0.2, 0) is 6.54 Å². The standard InChI is InChI=1S/C22H35N5/c1-5-23-22(25-21-16-27(17(2)3)15-18(21)4)24-14-19-8-10-20(11-9-19)26-12-6-7-13-26/h6-11,17-18,21H,5,12-16H2,1-4H3,(H2,23,24,25). The molecule has 2 aliphatic rings. The summed E-state index contributed by atoms with van der Waals surface area (Å²) in [6, 6.07) is 9.85. The first-order valence-corrected chi connectivity index (χ1v) is 10.3. The second kappa shape index (κ2) is 9.27. The number of hydrogen-bond acceptors (Lipinski definition) is 3. The highest BCUT2D eigenvalue weighted by Crippen LogP contribution is 2.19. The average molecular weight is 370 g/mol. The molecule has 1 aromatic carbocycles. The molecule has 0 saturated carbocycles. The second-order valence-corrected chi connectivity index (χ2v) is 8.01. The van der Waals surface area contributed by atoms with E-state index in [-0.39, 0.29) is 0 Å². The van der Waals surface area contributed by atoms with Gasteiger partial charge in [0.25, 0.3) is 0 Å². The van der Waals surface area contributed by atoms with Crippen molar-refractivity contribution in [3.8, 4) is 0 Å². The maximum Gasteiger partial charge on any atom is 0.191 e. The van der Waals surface area contributed by atoms with Gasteiger partial charge in [0.15, 0.2) is 5.96 Å². The van der Waals surface area contributed by atoms with Gasteiger partial charge in [-0.15, -0.1) is 0 Å². The van der Waals surface area contributed by atoms with Crippen molar-refractivity contribution in [3.05, 3.63) is 42.0 Å². The lowest BCUT2D eigenvalue weighted by atomic mass is 10.1. The normalized spacial score (nSPS) is 23.4. The number of nitrogens with one attached hydrogen (secondary N) is 2. The van der Waals surface area contributed by atoms with Crippen molar-refractivity contribution in [2.24, 2.45) is 10.9 Å². The van der Waals surface area contributed by atoms with E-state index in [4.69, 9.17) is 4.99 Å². The molecule has 2 atom stereocenters. The van der Waals surface area contributed by atoms with E-state index in [1.54, 1.807) is 0 Å². The molecule has 2 unspecified atom stereocenters. The quantitative estimate of drug-likeness (QED) is 0.460. The zero-order chi connectivity index (χ0) is 19.2. The predicted octanol–water partition coefficient (Wildman–Crippen LogP) is 2.85. The molecule has 2 aliphatic heterocycles. The summed E-state index contributed by atoms with van der Waals surface area (Å²) in [7, 11) is 0. The van der Waals surface area contributed by atoms with Crippen molar-refractivity contribution in [2.45, 2.75) is 46.3 Å². The van der Waals surface area contributed by atoms with Gasteiger partial charge in [0, 0.05) is 50.5 Å². The van der Waals surface area contributed by atoms with E-state index in [9.17, 15) is 0 Å². The predicted molar refractivity (Wildman–Crippen MR) is 115 cm³/mol. The Hall–Kier alpha value is -2.01. The highest BCUT2D eigenvalue weighted by Gasteiger charge is 2.31. The lowest BCUT2D eigenvalue weighted by Gasteiger charge is -2.22. The molecule has 0 aliphatic carbocycles. The van der Waals surface area contributed by atoms with Gasteiger partial charge in [-0.05, 0) is 44.4 Å². The Labute approximate surface area is 164 Å². The number of aliphatic imine (C=N–C) groups is 1. The van der Waals surface area contributed by atoms with Gasteiger partial charge >= 0.3 is 0 Å². The Morgan fingerprint density at radius 3 is 2.44 bits per heavy atom. The summed E-state index contributed by atoms with van der Waals surface area (Å²) in [6.45, 7) is 14.8. The Bertz CT molecular complexity index is 641. The van der Waals surface area contributed by atoms with Gasteiger partial charge in [0.1, 0.15) is 0 Å². The molecule has 0 aromatic heterocycles. The van der Waals surface area contributed by atoms with Crippen molar-refractivity contribution in [3.63, 3.8) is 0 Å². The molecular formula is C22H35N5. The number of benzene rings is 1. The van der Waals surface area contributed by atoms with Gasteiger partial charge < -0.3 is 15.5 Å². The largest absolute Gasteiger partial charge is 0.364 e. The monoisotopic (exact) mass is 369 g/mol. The molecule has 5 heteroatoms. The first kappa shape index (κ1) is 19.7. The summed E-state index contributed by atoms with van der Waals surface area (Å²) in [5.74, 6) is 1.55. The third-order valence-corrected chi connectivity index (χ3v) is 5.58. The SMILES string of the molecule is CCNC(=NCc1ccc(N2CC=CC2)cc1)NC1CN(C(C)C)CC1C. The van der Waals surface area contributed by atoms with Crippen LogP contribution in [0, 0.1) is 5.92 Å². The Morgan fingerprint density at radius 1 is 1.15 bits per heavy atom. The van der Waals surface area contributed by atoms with Crippen LogP contribution in [0.2, 0.25) is 0 Å². The maximum atomic E-state index is 4.83. The van der Waals surface area contributed by atoms with E-state index >= 15 is 0 Å². The fourth-order valence-electron chi connectivity index (χ4n) is 3.78. The fourth-order valence-corrected chi connectivity index (χ4v) is 3.78. The van der Waals surface area contributed by atoms with Crippen LogP contribution >= 0.6 is 0 Å². The van der Waals surface area contributed by atoms with Gasteiger partial charge in [-0.1, -0.05) is 31.2 Å². The molecule has 1 aromatic rings. The van der Waals surface area contributed by atoms with Crippen LogP contribution < -0.4 is 15.5 Å². The van der Waals surface area contributed by atoms with E-state index in [1.807, 2.05) is 0 Å². The lowest BCUT2D eigenvalue weighted by Crippen LogP contribution is -2.46. The van der Waals surface area contributed by atoms with E-state index in [1.165, 1.54) is 11.3 Å². The summed E-state index contributed by atoms with van der Waals surface area (Å²) >= 11 is 0. The number of hydrogen-bond donors (Lipinski definition) is 2. The Kier molecular flexibility index (Phi) is 6.78. The molecule has 2 N–H and O–H groups in total. The number of anilines is 1. The molecule has 0 bridgehead atoms. The smallest absolute Gasteiger partial charge is 0.191 e. The molecule has 0 spiro atoms. The van der Waals surface area contributed by atoms with E-state index in [0.29, 0.717) is 24.5 Å². The number of nitrogens with zero attached hydrogens (tertiary/aromatic N) is 3. The van der Waals surface area contributed by atoms with Crippen molar-refractivity contribution >= 4 is 11.6 Å². The topological polar surface area (TPSA) is 42.9 Å². The van der Waals surface area contributed by atoms with Crippen LogP contribution in [-0.4, -0.2) is 55.7 Å². The van der Waals surface area contributed by atoms with Crippen molar-refractivity contribution in [1.29, 1.82) is 0 Å². The molecule has 2 heterocycles. The molecule has 27 heavy (non-hydrogen) atoms. The van der Waals surface area contributed by atoms with Crippen LogP contribution in [0.15, 0.2) is 41.4 Å². The van der Waals surface area contributed by atoms with Crippen LogP contribution in [0.3, 0.4) is 0 Å². The summed E-state index contributed by atoms with van der Waals surface area (Å²) in [5, 5.41) is 7.06. The molecule has 0 radical (unpaired) electrons. The molecule has 3 rings (SSSR count). The van der Waals surface area contributed by atoms with Crippen molar-refractivity contribution in [2.75, 3.05) is 37.6 Å². The first-order valence-electron chi connectivity index (χ1n) is 10.3. The lowest BCUT2D eigenvalue weighted by molar-refractivity contribution is 0.265. The Balaban J connectivity index is 1.58. The summed E-state index contributed by atoms with van der Waals surface area (Å²) < 4.78 is 0. The van der Waals surface area contributed by atoms with Crippen LogP contribution in [0.4, 0.5) is 5.69 Å². The number of rotatable bonds is 6. The highest BCUT2D eigenvalue weighted by molar-refractivity contribution is 5.80. The minimum Gasteiger partial charge on any atom is -0.364 e. The summed E-state index contributed by atoms with van der Waals surface area (Å²) in [4.78, 5) is 9.73. The van der Waals surface area contributed by atoms with Crippen molar-refractivity contribution in [1.82, 2.24) is 15.5 Å². The highest BCUT2D eigenvalue weighted by atomic mass is 15.3. The number of likely N-dealkylation sites (tertiary alicyclic amines) is 1. The van der Waals surface area contributed by atoms with E-state index in [0.717, 1.165) is 38.7 Å². The molecule has 148 valence electrons. The third-order valence-electron chi connectivity index (χ3n) is 5.58. The van der Waals surface area contributed by atoms with Gasteiger partial charge in [-0.25, -0.2) is 4.99 Å². The van der Waals surface area contributed by atoms with Crippen LogP contribution in [0.5, 0.6) is 0 Å². The summed E-state index contributed by atoms with van der Waals surface area (Å²) in [5.41, 5.74) is 2.53. The van der Waals surface area contributed by atoms with Crippen LogP contribution in [0.1, 0.15) is 33.3 Å². The van der Waals surface area contributed by atoms with Gasteiger partial charge in [0.2, 0.25) is 0 Å². The Morgan fingerprint density at radius 2 is 1.85 bits per heavy atom.